The lowest BCUT2D eigenvalue weighted by Crippen LogP contribution is -2.50. The predicted octanol–water partition coefficient (Wildman–Crippen LogP) is 4.71. The average molecular weight is 422 g/mol. The quantitative estimate of drug-likeness (QED) is 0.436. The van der Waals surface area contributed by atoms with Crippen LogP contribution in [0.4, 0.5) is 0 Å². The van der Waals surface area contributed by atoms with Crippen LogP contribution in [0.3, 0.4) is 0 Å². The predicted molar refractivity (Wildman–Crippen MR) is 109 cm³/mol. The minimum Gasteiger partial charge on any atom is -0.478 e. The van der Waals surface area contributed by atoms with Gasteiger partial charge in [0.15, 0.2) is 0 Å². The molecule has 0 saturated carbocycles. The third-order valence-corrected chi connectivity index (χ3v) is 6.50. The van der Waals surface area contributed by atoms with E-state index >= 15 is 0 Å². The lowest BCUT2D eigenvalue weighted by atomic mass is 9.63. The number of carboxylic acids is 3. The standard InChI is InChI=1S/C22H30O8/c1-6-21(7-2,8-3)22(9-4,10-5)30-20(29)16-12-14(18(25)26)13(17(23)24)11-15(16)19(27)28/h11-12H,6-10H2,1-5H3,(H,23,24)(H,25,26)(H,27,28). The van der Waals surface area contributed by atoms with Crippen molar-refractivity contribution in [1.82, 2.24) is 0 Å². The van der Waals surface area contributed by atoms with Crippen molar-refractivity contribution in [2.45, 2.75) is 72.3 Å². The molecule has 8 nitrogen and oxygen atoms in total. The van der Waals surface area contributed by atoms with E-state index in [4.69, 9.17) is 4.74 Å². The number of ether oxygens (including phenoxy) is 1. The Morgan fingerprint density at radius 1 is 0.667 bits per heavy atom. The third kappa shape index (κ3) is 4.32. The molecule has 0 aliphatic carbocycles. The molecular formula is C22H30O8. The number of hydrogen-bond donors (Lipinski definition) is 3. The van der Waals surface area contributed by atoms with Crippen molar-refractivity contribution in [2.24, 2.45) is 5.41 Å². The molecule has 0 bridgehead atoms. The van der Waals surface area contributed by atoms with Crippen LogP contribution < -0.4 is 0 Å². The zero-order chi connectivity index (χ0) is 23.3. The Kier molecular flexibility index (Phi) is 8.16. The summed E-state index contributed by atoms with van der Waals surface area (Å²) in [4.78, 5) is 47.7. The number of aromatic carboxylic acids is 3. The van der Waals surface area contributed by atoms with Crippen LogP contribution in [-0.2, 0) is 4.74 Å². The van der Waals surface area contributed by atoms with Gasteiger partial charge in [-0.15, -0.1) is 0 Å². The van der Waals surface area contributed by atoms with Gasteiger partial charge in [-0.1, -0.05) is 34.6 Å². The monoisotopic (exact) mass is 422 g/mol. The van der Waals surface area contributed by atoms with Crippen LogP contribution in [0.5, 0.6) is 0 Å². The first-order valence-corrected chi connectivity index (χ1v) is 10.1. The maximum Gasteiger partial charge on any atom is 0.339 e. The third-order valence-electron chi connectivity index (χ3n) is 6.50. The molecule has 0 radical (unpaired) electrons. The highest BCUT2D eigenvalue weighted by Gasteiger charge is 2.49. The zero-order valence-electron chi connectivity index (χ0n) is 18.1. The lowest BCUT2D eigenvalue weighted by Gasteiger charge is -2.48. The van der Waals surface area contributed by atoms with Crippen molar-refractivity contribution in [3.63, 3.8) is 0 Å². The van der Waals surface area contributed by atoms with Crippen LogP contribution in [0.1, 0.15) is 108 Å². The number of rotatable bonds is 11. The Labute approximate surface area is 175 Å². The van der Waals surface area contributed by atoms with Crippen LogP contribution in [0.25, 0.3) is 0 Å². The highest BCUT2D eigenvalue weighted by molar-refractivity contribution is 6.09. The van der Waals surface area contributed by atoms with Gasteiger partial charge in [0, 0.05) is 5.41 Å². The molecule has 0 heterocycles. The maximum absolute atomic E-state index is 13.1. The minimum atomic E-state index is -1.60. The first-order valence-electron chi connectivity index (χ1n) is 10.1. The summed E-state index contributed by atoms with van der Waals surface area (Å²) in [6.07, 6.45) is 3.19. The molecule has 1 aromatic rings. The molecule has 30 heavy (non-hydrogen) atoms. The number of carbonyl (C=O) groups excluding carboxylic acids is 1. The molecule has 0 fully saturated rings. The Morgan fingerprint density at radius 3 is 1.30 bits per heavy atom. The summed E-state index contributed by atoms with van der Waals surface area (Å²) in [5.41, 5.74) is -3.70. The van der Waals surface area contributed by atoms with Crippen molar-refractivity contribution in [3.05, 3.63) is 34.4 Å². The van der Waals surface area contributed by atoms with E-state index in [1.807, 2.05) is 34.6 Å². The van der Waals surface area contributed by atoms with E-state index in [0.717, 1.165) is 25.3 Å². The van der Waals surface area contributed by atoms with Crippen LogP contribution in [0.2, 0.25) is 0 Å². The number of esters is 1. The van der Waals surface area contributed by atoms with Gasteiger partial charge in [0.05, 0.1) is 22.3 Å². The molecule has 0 saturated heterocycles. The Bertz CT molecular complexity index is 824. The van der Waals surface area contributed by atoms with Crippen LogP contribution >= 0.6 is 0 Å². The molecule has 8 heteroatoms. The van der Waals surface area contributed by atoms with Crippen LogP contribution in [0, 0.1) is 5.41 Å². The zero-order valence-corrected chi connectivity index (χ0v) is 18.1. The highest BCUT2D eigenvalue weighted by atomic mass is 16.6. The Balaban J connectivity index is 3.69. The molecular weight excluding hydrogens is 392 g/mol. The SMILES string of the molecule is CCC(CC)(CC)C(CC)(CC)OC(=O)c1cc(C(=O)O)c(C(=O)O)cc1C(=O)O. The van der Waals surface area contributed by atoms with Crippen molar-refractivity contribution in [2.75, 3.05) is 0 Å². The molecule has 0 amide bonds. The van der Waals surface area contributed by atoms with Gasteiger partial charge in [0.25, 0.3) is 0 Å². The average Bonchev–Trinajstić information content (AvgIpc) is 2.72. The number of carboxylic acid groups (broad SMARTS) is 3. The van der Waals surface area contributed by atoms with Gasteiger partial charge in [-0.05, 0) is 44.2 Å². The molecule has 0 aliphatic rings. The fraction of sp³-hybridized carbons (Fsp3) is 0.545. The summed E-state index contributed by atoms with van der Waals surface area (Å²) in [6.45, 7) is 9.80. The van der Waals surface area contributed by atoms with Gasteiger partial charge in [0.2, 0.25) is 0 Å². The fourth-order valence-corrected chi connectivity index (χ4v) is 4.50. The smallest absolute Gasteiger partial charge is 0.339 e. The molecule has 0 atom stereocenters. The Morgan fingerprint density at radius 2 is 1.00 bits per heavy atom. The van der Waals surface area contributed by atoms with Crippen molar-refractivity contribution in [1.29, 1.82) is 0 Å². The topological polar surface area (TPSA) is 138 Å². The van der Waals surface area contributed by atoms with E-state index in [1.165, 1.54) is 0 Å². The number of benzene rings is 1. The lowest BCUT2D eigenvalue weighted by molar-refractivity contribution is -0.111. The summed E-state index contributed by atoms with van der Waals surface area (Å²) in [6, 6.07) is 1.47. The van der Waals surface area contributed by atoms with E-state index in [2.05, 4.69) is 0 Å². The molecule has 3 N–H and O–H groups in total. The van der Waals surface area contributed by atoms with Gasteiger partial charge in [-0.25, -0.2) is 19.2 Å². The highest BCUT2D eigenvalue weighted by Crippen LogP contribution is 2.48. The van der Waals surface area contributed by atoms with Gasteiger partial charge in [0.1, 0.15) is 5.60 Å². The van der Waals surface area contributed by atoms with Crippen molar-refractivity contribution in [3.8, 4) is 0 Å². The fourth-order valence-electron chi connectivity index (χ4n) is 4.50. The van der Waals surface area contributed by atoms with Crippen molar-refractivity contribution < 1.29 is 39.2 Å². The molecule has 0 spiro atoms. The molecule has 166 valence electrons. The molecule has 1 rings (SSSR count). The summed E-state index contributed by atoms with van der Waals surface area (Å²) < 4.78 is 5.94. The number of carbonyl (C=O) groups is 4. The maximum atomic E-state index is 13.1. The van der Waals surface area contributed by atoms with Crippen molar-refractivity contribution >= 4 is 23.9 Å². The van der Waals surface area contributed by atoms with E-state index in [0.29, 0.717) is 18.9 Å². The van der Waals surface area contributed by atoms with Gasteiger partial charge in [-0.2, -0.15) is 0 Å². The summed E-state index contributed by atoms with van der Waals surface area (Å²) in [7, 11) is 0. The van der Waals surface area contributed by atoms with Gasteiger partial charge < -0.3 is 20.1 Å². The van der Waals surface area contributed by atoms with Crippen LogP contribution in [-0.4, -0.2) is 44.8 Å². The first kappa shape index (κ1) is 25.1. The second kappa shape index (κ2) is 9.73. The minimum absolute atomic E-state index is 0.341. The molecule has 0 aliphatic heterocycles. The molecule has 1 aromatic carbocycles. The van der Waals surface area contributed by atoms with E-state index in [9.17, 15) is 34.5 Å². The Hall–Kier alpha value is -2.90. The van der Waals surface area contributed by atoms with Crippen LogP contribution in [0.15, 0.2) is 12.1 Å². The van der Waals surface area contributed by atoms with E-state index in [-0.39, 0.29) is 5.41 Å². The normalized spacial score (nSPS) is 11.8. The second-order valence-electron chi connectivity index (χ2n) is 7.29. The largest absolute Gasteiger partial charge is 0.478 e. The summed E-state index contributed by atoms with van der Waals surface area (Å²) >= 11 is 0. The number of hydrogen-bond acceptors (Lipinski definition) is 5. The molecule has 0 aromatic heterocycles. The summed E-state index contributed by atoms with van der Waals surface area (Å²) in [5.74, 6) is -5.71. The second-order valence-corrected chi connectivity index (χ2v) is 7.29. The first-order chi connectivity index (χ1) is 14.0. The van der Waals surface area contributed by atoms with Gasteiger partial charge in [-0.3, -0.25) is 0 Å². The van der Waals surface area contributed by atoms with E-state index in [1.54, 1.807) is 0 Å². The summed E-state index contributed by atoms with van der Waals surface area (Å²) in [5, 5.41) is 28.1. The van der Waals surface area contributed by atoms with E-state index < -0.39 is 51.7 Å². The van der Waals surface area contributed by atoms with Gasteiger partial charge >= 0.3 is 23.9 Å². The molecule has 0 unspecified atom stereocenters.